The summed E-state index contributed by atoms with van der Waals surface area (Å²) in [6.45, 7) is -0.465. The molecule has 0 spiro atoms. The van der Waals surface area contributed by atoms with Crippen molar-refractivity contribution in [1.29, 1.82) is 0 Å². The van der Waals surface area contributed by atoms with E-state index >= 15 is 0 Å². The number of rotatable bonds is 9. The first-order valence-electron chi connectivity index (χ1n) is 13.7. The SMILES string of the molecule is COC(=O)C(CN1C(=O)C(=O)c2ccccc21)N(Cc1ccc(-c2ccncc2)cc1)C(=O)/C=C/c1ccc(C(F)(F)F)cc1. The average Bonchev–Trinajstić information content (AvgIpc) is 3.30. The lowest BCUT2D eigenvalue weighted by atomic mass is 10.0. The number of alkyl halides is 3. The summed E-state index contributed by atoms with van der Waals surface area (Å²) in [6, 6.07) is 20.2. The normalized spacial score (nSPS) is 13.6. The van der Waals surface area contributed by atoms with Crippen molar-refractivity contribution in [3.63, 3.8) is 0 Å². The predicted molar refractivity (Wildman–Crippen MR) is 160 cm³/mol. The van der Waals surface area contributed by atoms with Gasteiger partial charge in [0.05, 0.1) is 30.5 Å². The Hall–Kier alpha value is -5.58. The molecule has 8 nitrogen and oxygen atoms in total. The molecule has 2 heterocycles. The van der Waals surface area contributed by atoms with Crippen LogP contribution < -0.4 is 4.90 Å². The number of aromatic nitrogens is 1. The van der Waals surface area contributed by atoms with Gasteiger partial charge in [0.25, 0.3) is 11.7 Å². The van der Waals surface area contributed by atoms with Gasteiger partial charge in [0.15, 0.2) is 0 Å². The number of carbonyl (C=O) groups is 4. The lowest BCUT2D eigenvalue weighted by Crippen LogP contribution is -2.52. The van der Waals surface area contributed by atoms with E-state index in [1.165, 1.54) is 29.2 Å². The number of hydrogen-bond donors (Lipinski definition) is 0. The van der Waals surface area contributed by atoms with Gasteiger partial charge in [0.2, 0.25) is 5.91 Å². The topological polar surface area (TPSA) is 96.9 Å². The van der Waals surface area contributed by atoms with Crippen molar-refractivity contribution in [3.05, 3.63) is 126 Å². The molecule has 1 aliphatic rings. The van der Waals surface area contributed by atoms with Crippen LogP contribution in [0.4, 0.5) is 18.9 Å². The first-order chi connectivity index (χ1) is 21.6. The Bertz CT molecular complexity index is 1750. The summed E-state index contributed by atoms with van der Waals surface area (Å²) >= 11 is 0. The summed E-state index contributed by atoms with van der Waals surface area (Å²) < 4.78 is 44.0. The zero-order chi connectivity index (χ0) is 32.1. The van der Waals surface area contributed by atoms with E-state index in [0.717, 1.165) is 41.3 Å². The molecule has 0 fully saturated rings. The second kappa shape index (κ2) is 13.0. The van der Waals surface area contributed by atoms with Crippen molar-refractivity contribution in [1.82, 2.24) is 9.88 Å². The first kappa shape index (κ1) is 30.9. The van der Waals surface area contributed by atoms with Crippen LogP contribution >= 0.6 is 0 Å². The molecule has 1 aromatic heterocycles. The minimum absolute atomic E-state index is 0.0931. The number of methoxy groups -OCH3 is 1. The molecule has 1 atom stereocenters. The summed E-state index contributed by atoms with van der Waals surface area (Å²) in [7, 11) is 1.14. The Kier molecular flexibility index (Phi) is 8.89. The number of carbonyl (C=O) groups excluding carboxylic acids is 4. The standard InChI is InChI=1S/C34H26F3N3O5/c1-45-33(44)29(21-40-28-5-3-2-4-27(28)31(42)32(40)43)39(20-23-6-11-24(12-7-23)25-16-18-38-19-17-25)30(41)15-10-22-8-13-26(14-9-22)34(35,36)37/h2-19,29H,20-21H2,1H3/b15-10+. The average molecular weight is 614 g/mol. The van der Waals surface area contributed by atoms with Crippen molar-refractivity contribution in [2.24, 2.45) is 0 Å². The van der Waals surface area contributed by atoms with E-state index in [-0.39, 0.29) is 18.7 Å². The van der Waals surface area contributed by atoms with E-state index in [1.54, 1.807) is 42.7 Å². The molecule has 0 bridgehead atoms. The second-order valence-electron chi connectivity index (χ2n) is 10.2. The fourth-order valence-corrected chi connectivity index (χ4v) is 4.97. The van der Waals surface area contributed by atoms with E-state index in [0.29, 0.717) is 16.8 Å². The van der Waals surface area contributed by atoms with Crippen molar-refractivity contribution in [2.45, 2.75) is 18.8 Å². The maximum atomic E-state index is 13.7. The second-order valence-corrected chi connectivity index (χ2v) is 10.2. The number of hydrogen-bond acceptors (Lipinski definition) is 6. The molecule has 2 amide bonds. The van der Waals surface area contributed by atoms with Crippen LogP contribution in [0.3, 0.4) is 0 Å². The molecule has 5 rings (SSSR count). The molecule has 4 aromatic rings. The highest BCUT2D eigenvalue weighted by Crippen LogP contribution is 2.31. The van der Waals surface area contributed by atoms with E-state index in [4.69, 9.17) is 4.74 Å². The number of ether oxygens (including phenoxy) is 1. The quantitative estimate of drug-likeness (QED) is 0.139. The van der Waals surface area contributed by atoms with Crippen LogP contribution in [0.1, 0.15) is 27.0 Å². The van der Waals surface area contributed by atoms with Gasteiger partial charge in [-0.15, -0.1) is 0 Å². The third kappa shape index (κ3) is 6.82. The third-order valence-electron chi connectivity index (χ3n) is 7.34. The van der Waals surface area contributed by atoms with Gasteiger partial charge in [0.1, 0.15) is 6.04 Å². The number of fused-ring (bicyclic) bond motifs is 1. The molecule has 0 aliphatic carbocycles. The van der Waals surface area contributed by atoms with E-state index in [9.17, 15) is 32.3 Å². The fraction of sp³-hybridized carbons (Fsp3) is 0.147. The van der Waals surface area contributed by atoms with Crippen LogP contribution in [0.15, 0.2) is 103 Å². The van der Waals surface area contributed by atoms with Crippen LogP contribution in [0.2, 0.25) is 0 Å². The van der Waals surface area contributed by atoms with Gasteiger partial charge in [-0.2, -0.15) is 13.2 Å². The van der Waals surface area contributed by atoms with E-state index in [2.05, 4.69) is 4.98 Å². The number of benzene rings is 3. The lowest BCUT2D eigenvalue weighted by Gasteiger charge is -2.32. The zero-order valence-electron chi connectivity index (χ0n) is 23.9. The molecule has 45 heavy (non-hydrogen) atoms. The summed E-state index contributed by atoms with van der Waals surface area (Å²) in [5, 5.41) is 0. The smallest absolute Gasteiger partial charge is 0.416 e. The van der Waals surface area contributed by atoms with Gasteiger partial charge < -0.3 is 14.5 Å². The highest BCUT2D eigenvalue weighted by molar-refractivity contribution is 6.52. The van der Waals surface area contributed by atoms with Crippen molar-refractivity contribution in [2.75, 3.05) is 18.6 Å². The third-order valence-corrected chi connectivity index (χ3v) is 7.34. The van der Waals surface area contributed by atoms with E-state index < -0.39 is 41.3 Å². The zero-order valence-corrected chi connectivity index (χ0v) is 23.9. The van der Waals surface area contributed by atoms with E-state index in [1.807, 2.05) is 24.3 Å². The molecule has 11 heteroatoms. The highest BCUT2D eigenvalue weighted by atomic mass is 19.4. The number of pyridine rings is 1. The Morgan fingerprint density at radius 3 is 2.20 bits per heavy atom. The maximum Gasteiger partial charge on any atom is 0.416 e. The molecule has 1 unspecified atom stereocenters. The summed E-state index contributed by atoms with van der Waals surface area (Å²) in [5.74, 6) is -3.08. The van der Waals surface area contributed by atoms with Crippen LogP contribution in [-0.2, 0) is 31.8 Å². The Morgan fingerprint density at radius 2 is 1.56 bits per heavy atom. The molecular weight excluding hydrogens is 587 g/mol. The fourth-order valence-electron chi connectivity index (χ4n) is 4.97. The molecule has 0 N–H and O–H groups in total. The number of para-hydroxylation sites is 1. The van der Waals surface area contributed by atoms with Crippen LogP contribution in [0.5, 0.6) is 0 Å². The van der Waals surface area contributed by atoms with Gasteiger partial charge in [0, 0.05) is 25.0 Å². The number of amides is 2. The number of nitrogens with zero attached hydrogens (tertiary/aromatic N) is 3. The number of halogens is 3. The molecule has 3 aromatic carbocycles. The maximum absolute atomic E-state index is 13.7. The first-order valence-corrected chi connectivity index (χ1v) is 13.7. The predicted octanol–water partition coefficient (Wildman–Crippen LogP) is 5.58. The Morgan fingerprint density at radius 1 is 0.911 bits per heavy atom. The number of anilines is 1. The van der Waals surface area contributed by atoms with Crippen molar-refractivity contribution < 1.29 is 37.1 Å². The monoisotopic (exact) mass is 613 g/mol. The van der Waals surface area contributed by atoms with Gasteiger partial charge >= 0.3 is 12.1 Å². The van der Waals surface area contributed by atoms with Crippen molar-refractivity contribution >= 4 is 35.3 Å². The lowest BCUT2D eigenvalue weighted by molar-refractivity contribution is -0.151. The van der Waals surface area contributed by atoms with Crippen LogP contribution in [-0.4, -0.2) is 53.1 Å². The Labute approximate surface area is 256 Å². The Balaban J connectivity index is 1.48. The molecule has 0 radical (unpaired) electrons. The molecule has 1 aliphatic heterocycles. The summed E-state index contributed by atoms with van der Waals surface area (Å²) in [5.41, 5.74) is 2.42. The molecule has 228 valence electrons. The van der Waals surface area contributed by atoms with Crippen LogP contribution in [0, 0.1) is 0 Å². The van der Waals surface area contributed by atoms with Crippen LogP contribution in [0.25, 0.3) is 17.2 Å². The number of esters is 1. The molecule has 0 saturated carbocycles. The highest BCUT2D eigenvalue weighted by Gasteiger charge is 2.40. The minimum atomic E-state index is -4.51. The van der Waals surface area contributed by atoms with Crippen molar-refractivity contribution in [3.8, 4) is 11.1 Å². The number of Topliss-reactive ketones (excluding diaryl/α,β-unsaturated/α-hetero) is 1. The number of ketones is 1. The van der Waals surface area contributed by atoms with Gasteiger partial charge in [-0.3, -0.25) is 19.4 Å². The minimum Gasteiger partial charge on any atom is -0.467 e. The molecule has 0 saturated heterocycles. The van der Waals surface area contributed by atoms with Gasteiger partial charge in [-0.05, 0) is 64.7 Å². The van der Waals surface area contributed by atoms with Gasteiger partial charge in [-0.1, -0.05) is 48.5 Å². The summed E-state index contributed by atoms with van der Waals surface area (Å²) in [6.07, 6.45) is 1.28. The van der Waals surface area contributed by atoms with Gasteiger partial charge in [-0.25, -0.2) is 4.79 Å². The summed E-state index contributed by atoms with van der Waals surface area (Å²) in [4.78, 5) is 58.9. The molecular formula is C34H26F3N3O5. The largest absolute Gasteiger partial charge is 0.467 e.